The van der Waals surface area contributed by atoms with Crippen LogP contribution < -0.4 is 10.1 Å². The monoisotopic (exact) mass is 327 g/mol. The topological polar surface area (TPSA) is 84.9 Å². The van der Waals surface area contributed by atoms with E-state index in [2.05, 4.69) is 5.32 Å². The van der Waals surface area contributed by atoms with Gasteiger partial charge in [-0.3, -0.25) is 9.59 Å². The number of nitrogens with one attached hydrogen (secondary N) is 1. The highest BCUT2D eigenvalue weighted by molar-refractivity contribution is 6.32. The molecule has 0 radical (unpaired) electrons. The molecular formula is C15H18ClNO5. The number of hydrogen-bond donors (Lipinski definition) is 2. The number of ether oxygens (including phenoxy) is 2. The van der Waals surface area contributed by atoms with Crippen LogP contribution in [0.15, 0.2) is 24.3 Å². The molecule has 0 spiro atoms. The van der Waals surface area contributed by atoms with Gasteiger partial charge in [-0.05, 0) is 25.0 Å². The van der Waals surface area contributed by atoms with Crippen molar-refractivity contribution in [3.05, 3.63) is 29.3 Å². The summed E-state index contributed by atoms with van der Waals surface area (Å²) in [6, 6.07) is 6.83. The highest BCUT2D eigenvalue weighted by Gasteiger charge is 2.40. The molecule has 22 heavy (non-hydrogen) atoms. The van der Waals surface area contributed by atoms with Gasteiger partial charge in [0.2, 0.25) is 0 Å². The zero-order valence-corrected chi connectivity index (χ0v) is 12.8. The van der Waals surface area contributed by atoms with Crippen molar-refractivity contribution < 1.29 is 24.2 Å². The van der Waals surface area contributed by atoms with E-state index in [1.54, 1.807) is 24.3 Å². The Hall–Kier alpha value is -1.79. The molecule has 0 saturated carbocycles. The first-order valence-electron chi connectivity index (χ1n) is 6.99. The minimum Gasteiger partial charge on any atom is -0.482 e. The Bertz CT molecular complexity index is 542. The fourth-order valence-corrected chi connectivity index (χ4v) is 2.44. The van der Waals surface area contributed by atoms with Gasteiger partial charge in [0.25, 0.3) is 5.91 Å². The van der Waals surface area contributed by atoms with Gasteiger partial charge in [0, 0.05) is 19.8 Å². The van der Waals surface area contributed by atoms with Gasteiger partial charge in [0.05, 0.1) is 10.4 Å². The molecule has 1 aromatic carbocycles. The summed E-state index contributed by atoms with van der Waals surface area (Å²) in [7, 11) is 0. The van der Waals surface area contributed by atoms with Crippen molar-refractivity contribution in [1.82, 2.24) is 5.32 Å². The molecule has 1 fully saturated rings. The number of hydrogen-bond acceptors (Lipinski definition) is 4. The Morgan fingerprint density at radius 3 is 2.64 bits per heavy atom. The number of carbonyl (C=O) groups is 2. The van der Waals surface area contributed by atoms with Crippen LogP contribution >= 0.6 is 11.6 Å². The van der Waals surface area contributed by atoms with Crippen molar-refractivity contribution >= 4 is 23.5 Å². The number of aliphatic carboxylic acids is 1. The zero-order valence-electron chi connectivity index (χ0n) is 12.0. The lowest BCUT2D eigenvalue weighted by atomic mass is 9.80. The molecule has 120 valence electrons. The first-order chi connectivity index (χ1) is 10.5. The van der Waals surface area contributed by atoms with Crippen molar-refractivity contribution in [2.75, 3.05) is 26.4 Å². The average Bonchev–Trinajstić information content (AvgIpc) is 2.53. The van der Waals surface area contributed by atoms with Crippen molar-refractivity contribution in [3.63, 3.8) is 0 Å². The van der Waals surface area contributed by atoms with Gasteiger partial charge in [0.1, 0.15) is 5.75 Å². The van der Waals surface area contributed by atoms with Gasteiger partial charge in [-0.1, -0.05) is 23.7 Å². The van der Waals surface area contributed by atoms with Crippen molar-refractivity contribution in [2.24, 2.45) is 5.41 Å². The van der Waals surface area contributed by atoms with Crippen LogP contribution in [0.1, 0.15) is 12.8 Å². The lowest BCUT2D eigenvalue weighted by molar-refractivity contribution is -0.154. The highest BCUT2D eigenvalue weighted by atomic mass is 35.5. The number of amides is 1. The minimum absolute atomic E-state index is 0.0659. The number of carboxylic acid groups (broad SMARTS) is 1. The van der Waals surface area contributed by atoms with E-state index in [1.807, 2.05) is 0 Å². The molecule has 1 saturated heterocycles. The molecule has 0 bridgehead atoms. The molecular weight excluding hydrogens is 310 g/mol. The lowest BCUT2D eigenvalue weighted by Gasteiger charge is -2.33. The molecule has 1 amide bonds. The van der Waals surface area contributed by atoms with Crippen LogP contribution in [0.5, 0.6) is 5.75 Å². The van der Waals surface area contributed by atoms with Crippen molar-refractivity contribution in [1.29, 1.82) is 0 Å². The molecule has 0 atom stereocenters. The van der Waals surface area contributed by atoms with Crippen LogP contribution in [0.4, 0.5) is 0 Å². The molecule has 1 aromatic rings. The maximum absolute atomic E-state index is 11.8. The first kappa shape index (κ1) is 16.6. The van der Waals surface area contributed by atoms with E-state index >= 15 is 0 Å². The normalized spacial score (nSPS) is 16.8. The summed E-state index contributed by atoms with van der Waals surface area (Å²) in [5.74, 6) is -0.881. The SMILES string of the molecule is O=C(COc1ccccc1Cl)NCC1(C(=O)O)CCOCC1. The van der Waals surface area contributed by atoms with E-state index in [1.165, 1.54) is 0 Å². The number of rotatable bonds is 6. The second-order valence-corrected chi connectivity index (χ2v) is 5.60. The maximum Gasteiger partial charge on any atom is 0.311 e. The Morgan fingerprint density at radius 1 is 1.32 bits per heavy atom. The molecule has 2 rings (SSSR count). The van der Waals surface area contributed by atoms with Crippen LogP contribution in [0.2, 0.25) is 5.02 Å². The van der Waals surface area contributed by atoms with E-state index in [0.29, 0.717) is 36.8 Å². The fourth-order valence-electron chi connectivity index (χ4n) is 2.25. The Labute approximate surface area is 133 Å². The molecule has 0 aromatic heterocycles. The number of halogens is 1. The molecule has 1 heterocycles. The van der Waals surface area contributed by atoms with Gasteiger partial charge >= 0.3 is 5.97 Å². The second-order valence-electron chi connectivity index (χ2n) is 5.19. The average molecular weight is 328 g/mol. The van der Waals surface area contributed by atoms with Crippen LogP contribution in [0.3, 0.4) is 0 Å². The number of para-hydroxylation sites is 1. The fraction of sp³-hybridized carbons (Fsp3) is 0.467. The standard InChI is InChI=1S/C15H18ClNO5/c16-11-3-1-2-4-12(11)22-9-13(18)17-10-15(14(19)20)5-7-21-8-6-15/h1-4H,5-10H2,(H,17,18)(H,19,20). The molecule has 0 unspecified atom stereocenters. The minimum atomic E-state index is -0.960. The number of carbonyl (C=O) groups excluding carboxylic acids is 1. The largest absolute Gasteiger partial charge is 0.482 e. The van der Waals surface area contributed by atoms with Gasteiger partial charge in [-0.15, -0.1) is 0 Å². The van der Waals surface area contributed by atoms with Crippen LogP contribution in [0.25, 0.3) is 0 Å². The summed E-state index contributed by atoms with van der Waals surface area (Å²) < 4.78 is 10.5. The third-order valence-electron chi connectivity index (χ3n) is 3.72. The van der Waals surface area contributed by atoms with E-state index < -0.39 is 11.4 Å². The predicted octanol–water partition coefficient (Wildman–Crippen LogP) is 1.72. The summed E-state index contributed by atoms with van der Waals surface area (Å²) >= 11 is 5.92. The maximum atomic E-state index is 11.8. The van der Waals surface area contributed by atoms with Crippen LogP contribution in [0, 0.1) is 5.41 Å². The summed E-state index contributed by atoms with van der Waals surface area (Å²) in [5, 5.41) is 12.4. The first-order valence-corrected chi connectivity index (χ1v) is 7.36. The van der Waals surface area contributed by atoms with Crippen molar-refractivity contribution in [3.8, 4) is 5.75 Å². The van der Waals surface area contributed by atoms with Gasteiger partial charge < -0.3 is 19.9 Å². The van der Waals surface area contributed by atoms with Gasteiger partial charge in [-0.2, -0.15) is 0 Å². The van der Waals surface area contributed by atoms with Crippen molar-refractivity contribution in [2.45, 2.75) is 12.8 Å². The Balaban J connectivity index is 1.84. The summed E-state index contributed by atoms with van der Waals surface area (Å²) in [4.78, 5) is 23.3. The van der Waals surface area contributed by atoms with E-state index in [9.17, 15) is 14.7 Å². The molecule has 7 heteroatoms. The molecule has 1 aliphatic rings. The van der Waals surface area contributed by atoms with Gasteiger partial charge in [0.15, 0.2) is 6.61 Å². The molecule has 2 N–H and O–H groups in total. The summed E-state index contributed by atoms with van der Waals surface area (Å²) in [5.41, 5.74) is -0.960. The van der Waals surface area contributed by atoms with Crippen LogP contribution in [-0.4, -0.2) is 43.3 Å². The lowest BCUT2D eigenvalue weighted by Crippen LogP contribution is -2.47. The second kappa shape index (κ2) is 7.47. The molecule has 0 aliphatic carbocycles. The number of carboxylic acids is 1. The third kappa shape index (κ3) is 4.11. The zero-order chi connectivity index (χ0) is 16.0. The van der Waals surface area contributed by atoms with E-state index in [0.717, 1.165) is 0 Å². The predicted molar refractivity (Wildman–Crippen MR) is 80.1 cm³/mol. The quantitative estimate of drug-likeness (QED) is 0.831. The summed E-state index contributed by atoms with van der Waals surface area (Å²) in [6.45, 7) is 0.628. The molecule has 1 aliphatic heterocycles. The third-order valence-corrected chi connectivity index (χ3v) is 4.04. The van der Waals surface area contributed by atoms with Crippen LogP contribution in [-0.2, 0) is 14.3 Å². The van der Waals surface area contributed by atoms with E-state index in [-0.39, 0.29) is 19.1 Å². The summed E-state index contributed by atoms with van der Waals surface area (Å²) in [6.07, 6.45) is 0.766. The van der Waals surface area contributed by atoms with E-state index in [4.69, 9.17) is 21.1 Å². The Morgan fingerprint density at radius 2 is 2.00 bits per heavy atom. The number of benzene rings is 1. The highest BCUT2D eigenvalue weighted by Crippen LogP contribution is 2.30. The molecule has 6 nitrogen and oxygen atoms in total. The Kier molecular flexibility index (Phi) is 5.63. The smallest absolute Gasteiger partial charge is 0.311 e. The van der Waals surface area contributed by atoms with Gasteiger partial charge in [-0.25, -0.2) is 0 Å².